The third-order valence-corrected chi connectivity index (χ3v) is 4.70. The summed E-state index contributed by atoms with van der Waals surface area (Å²) in [5, 5.41) is 7.42. The average molecular weight is 259 g/mol. The summed E-state index contributed by atoms with van der Waals surface area (Å²) in [6, 6.07) is 6.68. The van der Waals surface area contributed by atoms with Crippen LogP contribution in [0.4, 0.5) is 0 Å². The molecular weight excluding hydrogens is 242 g/mol. The van der Waals surface area contributed by atoms with Crippen molar-refractivity contribution in [3.05, 3.63) is 35.0 Å². The molecule has 0 amide bonds. The van der Waals surface area contributed by atoms with Gasteiger partial charge in [-0.3, -0.25) is 5.10 Å². The molecule has 0 saturated carbocycles. The monoisotopic (exact) mass is 259 g/mol. The Bertz CT molecular complexity index is 574. The van der Waals surface area contributed by atoms with Crippen molar-refractivity contribution >= 4 is 11.8 Å². The summed E-state index contributed by atoms with van der Waals surface area (Å²) in [6.45, 7) is 2.59. The molecule has 2 heterocycles. The Morgan fingerprint density at radius 2 is 2.33 bits per heavy atom. The summed E-state index contributed by atoms with van der Waals surface area (Å²) in [7, 11) is 0. The van der Waals surface area contributed by atoms with Crippen LogP contribution in [0.15, 0.2) is 23.1 Å². The van der Waals surface area contributed by atoms with Crippen molar-refractivity contribution in [2.45, 2.75) is 31.2 Å². The predicted molar refractivity (Wildman–Crippen MR) is 75.7 cm³/mol. The second-order valence-corrected chi connectivity index (χ2v) is 5.79. The van der Waals surface area contributed by atoms with Crippen molar-refractivity contribution in [1.29, 1.82) is 0 Å². The van der Waals surface area contributed by atoms with Crippen molar-refractivity contribution in [2.75, 3.05) is 5.75 Å². The van der Waals surface area contributed by atoms with Crippen molar-refractivity contribution in [2.24, 2.45) is 5.73 Å². The van der Waals surface area contributed by atoms with Gasteiger partial charge in [-0.05, 0) is 48.8 Å². The zero-order chi connectivity index (χ0) is 12.5. The number of rotatable bonds is 2. The van der Waals surface area contributed by atoms with Gasteiger partial charge in [0.05, 0.1) is 11.4 Å². The Labute approximate surface area is 111 Å². The number of hydrogen-bond donors (Lipinski definition) is 2. The van der Waals surface area contributed by atoms with Crippen LogP contribution in [-0.2, 0) is 13.0 Å². The molecule has 1 aromatic carbocycles. The Hall–Kier alpha value is -1.26. The third kappa shape index (κ3) is 1.95. The minimum absolute atomic E-state index is 0.514. The number of fused-ring (bicyclic) bond motifs is 1. The molecule has 3 nitrogen and oxygen atoms in total. The fourth-order valence-electron chi connectivity index (χ4n) is 2.42. The van der Waals surface area contributed by atoms with Crippen molar-refractivity contribution in [3.8, 4) is 11.3 Å². The second-order valence-electron chi connectivity index (χ2n) is 4.65. The fourth-order valence-corrected chi connectivity index (χ4v) is 3.44. The number of nitrogens with zero attached hydrogens (tertiary/aromatic N) is 1. The van der Waals surface area contributed by atoms with E-state index in [0.717, 1.165) is 11.4 Å². The molecule has 94 valence electrons. The second kappa shape index (κ2) is 4.78. The molecule has 0 radical (unpaired) electrons. The summed E-state index contributed by atoms with van der Waals surface area (Å²) in [4.78, 5) is 1.43. The Morgan fingerprint density at radius 3 is 3.11 bits per heavy atom. The molecular formula is C14H17N3S. The number of aromatic nitrogens is 2. The van der Waals surface area contributed by atoms with Crippen LogP contribution in [0.3, 0.4) is 0 Å². The molecule has 4 heteroatoms. The Balaban J connectivity index is 2.03. The van der Waals surface area contributed by atoms with E-state index in [1.54, 1.807) is 0 Å². The summed E-state index contributed by atoms with van der Waals surface area (Å²) in [5.74, 6) is 1.24. The molecule has 0 unspecified atom stereocenters. The predicted octanol–water partition coefficient (Wildman–Crippen LogP) is 2.88. The molecule has 1 aromatic heterocycles. The van der Waals surface area contributed by atoms with Crippen LogP contribution in [0.2, 0.25) is 0 Å². The largest absolute Gasteiger partial charge is 0.325 e. The van der Waals surface area contributed by atoms with Crippen molar-refractivity contribution in [3.63, 3.8) is 0 Å². The van der Waals surface area contributed by atoms with E-state index in [2.05, 4.69) is 35.3 Å². The minimum atomic E-state index is 0.514. The van der Waals surface area contributed by atoms with Gasteiger partial charge in [0.2, 0.25) is 0 Å². The van der Waals surface area contributed by atoms with Gasteiger partial charge in [0, 0.05) is 17.0 Å². The van der Waals surface area contributed by atoms with Crippen LogP contribution < -0.4 is 5.73 Å². The van der Waals surface area contributed by atoms with E-state index in [4.69, 9.17) is 5.73 Å². The molecule has 0 atom stereocenters. The first-order chi connectivity index (χ1) is 8.79. The Morgan fingerprint density at radius 1 is 1.44 bits per heavy atom. The number of aromatic amines is 1. The van der Waals surface area contributed by atoms with Gasteiger partial charge in [-0.25, -0.2) is 0 Å². The van der Waals surface area contributed by atoms with Crippen LogP contribution in [0.1, 0.15) is 23.2 Å². The highest BCUT2D eigenvalue weighted by molar-refractivity contribution is 7.99. The highest BCUT2D eigenvalue weighted by Crippen LogP contribution is 2.33. The van der Waals surface area contributed by atoms with E-state index in [0.29, 0.717) is 6.54 Å². The SMILES string of the molecule is Cc1c(-c2ccc3c(c2)CCCS3)n[nH]c1CN. The third-order valence-electron chi connectivity index (χ3n) is 3.50. The van der Waals surface area contributed by atoms with E-state index in [1.165, 1.54) is 40.2 Å². The van der Waals surface area contributed by atoms with Crippen LogP contribution in [0.5, 0.6) is 0 Å². The topological polar surface area (TPSA) is 54.7 Å². The standard InChI is InChI=1S/C14H17N3S/c1-9-12(8-15)16-17-14(9)11-4-5-13-10(7-11)3-2-6-18-13/h4-5,7H,2-3,6,8,15H2,1H3,(H,16,17). The molecule has 18 heavy (non-hydrogen) atoms. The number of nitrogens with two attached hydrogens (primary N) is 1. The molecule has 3 rings (SSSR count). The van der Waals surface area contributed by atoms with E-state index in [1.807, 2.05) is 11.8 Å². The smallest absolute Gasteiger partial charge is 0.0953 e. The molecule has 0 saturated heterocycles. The van der Waals surface area contributed by atoms with Gasteiger partial charge in [0.25, 0.3) is 0 Å². The molecule has 3 N–H and O–H groups in total. The number of hydrogen-bond acceptors (Lipinski definition) is 3. The van der Waals surface area contributed by atoms with Crippen molar-refractivity contribution in [1.82, 2.24) is 10.2 Å². The van der Waals surface area contributed by atoms with Crippen LogP contribution in [-0.4, -0.2) is 16.0 Å². The first-order valence-electron chi connectivity index (χ1n) is 6.29. The quantitative estimate of drug-likeness (QED) is 0.872. The van der Waals surface area contributed by atoms with Gasteiger partial charge in [-0.2, -0.15) is 5.10 Å². The number of benzene rings is 1. The van der Waals surface area contributed by atoms with Gasteiger partial charge >= 0.3 is 0 Å². The molecule has 1 aliphatic rings. The molecule has 2 aromatic rings. The summed E-state index contributed by atoms with van der Waals surface area (Å²) >= 11 is 1.96. The maximum atomic E-state index is 5.68. The minimum Gasteiger partial charge on any atom is -0.325 e. The lowest BCUT2D eigenvalue weighted by atomic mass is 10.0. The molecule has 0 fully saturated rings. The van der Waals surface area contributed by atoms with Gasteiger partial charge in [-0.1, -0.05) is 6.07 Å². The number of thioether (sulfide) groups is 1. The summed E-state index contributed by atoms with van der Waals surface area (Å²) in [5.41, 5.74) is 11.6. The van der Waals surface area contributed by atoms with Crippen LogP contribution in [0, 0.1) is 6.92 Å². The van der Waals surface area contributed by atoms with E-state index in [9.17, 15) is 0 Å². The van der Waals surface area contributed by atoms with E-state index in [-0.39, 0.29) is 0 Å². The normalized spacial score (nSPS) is 14.6. The summed E-state index contributed by atoms with van der Waals surface area (Å²) in [6.07, 6.45) is 2.46. The Kier molecular flexibility index (Phi) is 3.14. The first kappa shape index (κ1) is 11.8. The first-order valence-corrected chi connectivity index (χ1v) is 7.28. The number of H-pyrrole nitrogens is 1. The van der Waals surface area contributed by atoms with E-state index < -0.39 is 0 Å². The van der Waals surface area contributed by atoms with Crippen molar-refractivity contribution < 1.29 is 0 Å². The number of aryl methyl sites for hydroxylation is 1. The summed E-state index contributed by atoms with van der Waals surface area (Å²) < 4.78 is 0. The van der Waals surface area contributed by atoms with Crippen LogP contribution >= 0.6 is 11.8 Å². The fraction of sp³-hybridized carbons (Fsp3) is 0.357. The van der Waals surface area contributed by atoms with E-state index >= 15 is 0 Å². The number of nitrogens with one attached hydrogen (secondary N) is 1. The lowest BCUT2D eigenvalue weighted by Crippen LogP contribution is -1.99. The van der Waals surface area contributed by atoms with Gasteiger partial charge < -0.3 is 5.73 Å². The highest BCUT2D eigenvalue weighted by atomic mass is 32.2. The molecule has 0 spiro atoms. The molecule has 1 aliphatic heterocycles. The zero-order valence-corrected chi connectivity index (χ0v) is 11.3. The molecule has 0 bridgehead atoms. The average Bonchev–Trinajstić information content (AvgIpc) is 2.79. The lowest BCUT2D eigenvalue weighted by molar-refractivity contribution is 0.890. The van der Waals surface area contributed by atoms with Gasteiger partial charge in [0.1, 0.15) is 0 Å². The van der Waals surface area contributed by atoms with Gasteiger partial charge in [0.15, 0.2) is 0 Å². The van der Waals surface area contributed by atoms with Crippen LogP contribution in [0.25, 0.3) is 11.3 Å². The highest BCUT2D eigenvalue weighted by Gasteiger charge is 2.14. The maximum Gasteiger partial charge on any atom is 0.0953 e. The molecule has 0 aliphatic carbocycles. The maximum absolute atomic E-state index is 5.68. The lowest BCUT2D eigenvalue weighted by Gasteiger charge is -2.15. The zero-order valence-electron chi connectivity index (χ0n) is 10.5. The van der Waals surface area contributed by atoms with Gasteiger partial charge in [-0.15, -0.1) is 11.8 Å².